The van der Waals surface area contributed by atoms with E-state index in [1.165, 1.54) is 12.1 Å². The quantitative estimate of drug-likeness (QED) is 0.294. The number of aromatic nitrogens is 2. The Balaban J connectivity index is 1.76. The van der Waals surface area contributed by atoms with E-state index in [0.717, 1.165) is 22.3 Å². The first-order chi connectivity index (χ1) is 14.9. The molecule has 1 atom stereocenters. The zero-order valence-electron chi connectivity index (χ0n) is 16.3. The molecule has 0 fully saturated rings. The smallest absolute Gasteiger partial charge is 0.317 e. The molecule has 3 aromatic carbocycles. The van der Waals surface area contributed by atoms with E-state index in [0.29, 0.717) is 20.8 Å². The fourth-order valence-electron chi connectivity index (χ4n) is 3.12. The molecule has 1 aromatic heterocycles. The molecule has 0 amide bonds. The third kappa shape index (κ3) is 4.99. The van der Waals surface area contributed by atoms with E-state index in [1.807, 2.05) is 25.1 Å². The first kappa shape index (κ1) is 21.6. The van der Waals surface area contributed by atoms with Gasteiger partial charge >= 0.3 is 6.01 Å². The van der Waals surface area contributed by atoms with Gasteiger partial charge in [0.2, 0.25) is 0 Å². The summed E-state index contributed by atoms with van der Waals surface area (Å²) >= 11 is 18.6. The molecule has 4 rings (SSSR count). The van der Waals surface area contributed by atoms with Gasteiger partial charge in [0.1, 0.15) is 11.9 Å². The van der Waals surface area contributed by atoms with Crippen molar-refractivity contribution >= 4 is 34.8 Å². The molecule has 0 saturated heterocycles. The van der Waals surface area contributed by atoms with Gasteiger partial charge in [0.05, 0.1) is 10.7 Å². The summed E-state index contributed by atoms with van der Waals surface area (Å²) in [5.74, 6) is -0.304. The maximum atomic E-state index is 13.2. The van der Waals surface area contributed by atoms with E-state index < -0.39 is 0 Å². The van der Waals surface area contributed by atoms with Crippen LogP contribution in [0.15, 0.2) is 72.9 Å². The molecule has 156 valence electrons. The highest BCUT2D eigenvalue weighted by Crippen LogP contribution is 2.37. The number of benzene rings is 3. The Morgan fingerprint density at radius 3 is 2.19 bits per heavy atom. The first-order valence-corrected chi connectivity index (χ1v) is 10.5. The molecule has 3 nitrogen and oxygen atoms in total. The van der Waals surface area contributed by atoms with Crippen LogP contribution in [0.5, 0.6) is 6.01 Å². The van der Waals surface area contributed by atoms with Crippen molar-refractivity contribution < 1.29 is 9.13 Å². The predicted octanol–water partition coefficient (Wildman–Crippen LogP) is 8.05. The molecule has 0 radical (unpaired) electrons. The molecule has 1 heterocycles. The largest absolute Gasteiger partial charge is 0.456 e. The molecule has 0 aliphatic carbocycles. The van der Waals surface area contributed by atoms with Crippen molar-refractivity contribution in [2.45, 2.75) is 13.0 Å². The lowest BCUT2D eigenvalue weighted by Gasteiger charge is -2.16. The van der Waals surface area contributed by atoms with Crippen LogP contribution >= 0.6 is 34.8 Å². The predicted molar refractivity (Wildman–Crippen MR) is 123 cm³/mol. The molecule has 7 heteroatoms. The van der Waals surface area contributed by atoms with E-state index in [4.69, 9.17) is 39.5 Å². The molecule has 0 spiro atoms. The van der Waals surface area contributed by atoms with Gasteiger partial charge in [-0.3, -0.25) is 0 Å². The Morgan fingerprint density at radius 2 is 1.52 bits per heavy atom. The summed E-state index contributed by atoms with van der Waals surface area (Å²) in [7, 11) is 0. The van der Waals surface area contributed by atoms with Crippen LogP contribution < -0.4 is 4.74 Å². The highest BCUT2D eigenvalue weighted by Gasteiger charge is 2.17. The molecule has 4 aromatic rings. The van der Waals surface area contributed by atoms with Crippen molar-refractivity contribution in [2.75, 3.05) is 0 Å². The van der Waals surface area contributed by atoms with Gasteiger partial charge in [0, 0.05) is 32.9 Å². The van der Waals surface area contributed by atoms with Crippen molar-refractivity contribution in [1.82, 2.24) is 9.97 Å². The van der Waals surface area contributed by atoms with Crippen LogP contribution in [0.3, 0.4) is 0 Å². The standard InChI is InChI=1S/C24H16Cl3FN2O/c1-14(15-4-9-19(28)10-5-15)31-24-29-13-21(20-11-8-18(26)12-22(20)27)23(30-24)16-2-6-17(25)7-3-16/h2-14H,1H3. The summed E-state index contributed by atoms with van der Waals surface area (Å²) in [5.41, 5.74) is 3.74. The molecule has 31 heavy (non-hydrogen) atoms. The monoisotopic (exact) mass is 472 g/mol. The summed E-state index contributed by atoms with van der Waals surface area (Å²) in [6, 6.07) is 18.9. The topological polar surface area (TPSA) is 35.0 Å². The van der Waals surface area contributed by atoms with Gasteiger partial charge in [-0.05, 0) is 48.9 Å². The van der Waals surface area contributed by atoms with Crippen LogP contribution in [0, 0.1) is 5.82 Å². The minimum Gasteiger partial charge on any atom is -0.456 e. The number of halogens is 4. The molecule has 0 aliphatic rings. The molecule has 0 saturated carbocycles. The second kappa shape index (κ2) is 9.23. The van der Waals surface area contributed by atoms with E-state index in [-0.39, 0.29) is 17.9 Å². The number of ether oxygens (including phenoxy) is 1. The lowest BCUT2D eigenvalue weighted by atomic mass is 10.0. The van der Waals surface area contributed by atoms with E-state index in [1.54, 1.807) is 42.6 Å². The fourth-order valence-corrected chi connectivity index (χ4v) is 3.75. The van der Waals surface area contributed by atoms with Gasteiger partial charge in [-0.25, -0.2) is 9.37 Å². The van der Waals surface area contributed by atoms with Crippen LogP contribution in [-0.2, 0) is 0 Å². The number of hydrogen-bond acceptors (Lipinski definition) is 3. The fraction of sp³-hybridized carbons (Fsp3) is 0.0833. The minimum absolute atomic E-state index is 0.190. The summed E-state index contributed by atoms with van der Waals surface area (Å²) in [6.45, 7) is 1.85. The second-order valence-corrected chi connectivity index (χ2v) is 8.14. The van der Waals surface area contributed by atoms with Crippen LogP contribution in [0.2, 0.25) is 15.1 Å². The van der Waals surface area contributed by atoms with Gasteiger partial charge in [0.25, 0.3) is 0 Å². The third-order valence-corrected chi connectivity index (χ3v) is 5.53. The summed E-state index contributed by atoms with van der Waals surface area (Å²) in [5, 5.41) is 1.64. The van der Waals surface area contributed by atoms with Gasteiger partial charge in [-0.2, -0.15) is 4.98 Å². The van der Waals surface area contributed by atoms with Crippen molar-refractivity contribution in [3.8, 4) is 28.4 Å². The SMILES string of the molecule is CC(Oc1ncc(-c2ccc(Cl)cc2Cl)c(-c2ccc(Cl)cc2)n1)c1ccc(F)cc1. The average molecular weight is 474 g/mol. The number of nitrogens with zero attached hydrogens (tertiary/aromatic N) is 2. The zero-order chi connectivity index (χ0) is 22.0. The second-order valence-electron chi connectivity index (χ2n) is 6.86. The summed E-state index contributed by atoms with van der Waals surface area (Å²) < 4.78 is 19.2. The Kier molecular flexibility index (Phi) is 6.42. The lowest BCUT2D eigenvalue weighted by molar-refractivity contribution is 0.207. The highest BCUT2D eigenvalue weighted by atomic mass is 35.5. The molecule has 1 unspecified atom stereocenters. The van der Waals surface area contributed by atoms with Crippen molar-refractivity contribution in [1.29, 1.82) is 0 Å². The van der Waals surface area contributed by atoms with Crippen molar-refractivity contribution in [3.05, 3.63) is 99.4 Å². The average Bonchev–Trinajstić information content (AvgIpc) is 2.75. The molecular weight excluding hydrogens is 458 g/mol. The molecule has 0 N–H and O–H groups in total. The Labute approximate surface area is 194 Å². The zero-order valence-corrected chi connectivity index (χ0v) is 18.6. The van der Waals surface area contributed by atoms with Crippen molar-refractivity contribution in [2.24, 2.45) is 0 Å². The Hall–Kier alpha value is -2.66. The van der Waals surface area contributed by atoms with Crippen molar-refractivity contribution in [3.63, 3.8) is 0 Å². The van der Waals surface area contributed by atoms with Crippen LogP contribution in [0.1, 0.15) is 18.6 Å². The minimum atomic E-state index is -0.372. The number of rotatable bonds is 5. The molecule has 0 aliphatic heterocycles. The number of hydrogen-bond donors (Lipinski definition) is 0. The van der Waals surface area contributed by atoms with Gasteiger partial charge < -0.3 is 4.74 Å². The van der Waals surface area contributed by atoms with Gasteiger partial charge in [-0.15, -0.1) is 0 Å². The van der Waals surface area contributed by atoms with E-state index in [9.17, 15) is 4.39 Å². The summed E-state index contributed by atoms with van der Waals surface area (Å²) in [4.78, 5) is 9.03. The lowest BCUT2D eigenvalue weighted by Crippen LogP contribution is -2.07. The molecular formula is C24H16Cl3FN2O. The van der Waals surface area contributed by atoms with E-state index >= 15 is 0 Å². The maximum absolute atomic E-state index is 13.2. The van der Waals surface area contributed by atoms with Gasteiger partial charge in [-0.1, -0.05) is 65.1 Å². The third-order valence-electron chi connectivity index (χ3n) is 4.73. The van der Waals surface area contributed by atoms with E-state index in [2.05, 4.69) is 9.97 Å². The normalized spacial score (nSPS) is 11.9. The van der Waals surface area contributed by atoms with Crippen LogP contribution in [0.4, 0.5) is 4.39 Å². The van der Waals surface area contributed by atoms with Crippen LogP contribution in [0.25, 0.3) is 22.4 Å². The Bertz CT molecular complexity index is 1210. The summed E-state index contributed by atoms with van der Waals surface area (Å²) in [6.07, 6.45) is 1.29. The maximum Gasteiger partial charge on any atom is 0.317 e. The molecule has 0 bridgehead atoms. The Morgan fingerprint density at radius 1 is 0.839 bits per heavy atom. The first-order valence-electron chi connectivity index (χ1n) is 9.41. The van der Waals surface area contributed by atoms with Gasteiger partial charge in [0.15, 0.2) is 0 Å². The highest BCUT2D eigenvalue weighted by molar-refractivity contribution is 6.36. The van der Waals surface area contributed by atoms with Crippen LogP contribution in [-0.4, -0.2) is 9.97 Å².